The molecule has 2 atom stereocenters. The lowest BCUT2D eigenvalue weighted by atomic mass is 9.94. The number of halogens is 1. The largest absolute Gasteiger partial charge is 0.457 e. The molecule has 1 saturated carbocycles. The van der Waals surface area contributed by atoms with Gasteiger partial charge in [0, 0.05) is 17.0 Å². The number of benzene rings is 3. The Kier molecular flexibility index (Phi) is 3.71. The van der Waals surface area contributed by atoms with Gasteiger partial charge in [0.25, 0.3) is 0 Å². The van der Waals surface area contributed by atoms with Crippen LogP contribution in [-0.4, -0.2) is 5.91 Å². The van der Waals surface area contributed by atoms with Gasteiger partial charge in [-0.1, -0.05) is 48.5 Å². The number of hydrogen-bond donors (Lipinski definition) is 1. The zero-order chi connectivity index (χ0) is 18.4. The van der Waals surface area contributed by atoms with Crippen LogP contribution in [0.5, 0.6) is 11.5 Å². The minimum absolute atomic E-state index is 0.0285. The van der Waals surface area contributed by atoms with Crippen LogP contribution in [0.3, 0.4) is 0 Å². The Morgan fingerprint density at radius 1 is 0.889 bits per heavy atom. The van der Waals surface area contributed by atoms with Gasteiger partial charge in [-0.15, -0.1) is 0 Å². The van der Waals surface area contributed by atoms with Crippen LogP contribution in [0.4, 0.5) is 4.39 Å². The summed E-state index contributed by atoms with van der Waals surface area (Å²) in [6, 6.07) is 21.8. The van der Waals surface area contributed by atoms with Gasteiger partial charge in [0.1, 0.15) is 17.3 Å². The highest BCUT2D eigenvalue weighted by molar-refractivity contribution is 5.84. The Morgan fingerprint density at radius 3 is 2.11 bits per heavy atom. The first-order valence-electron chi connectivity index (χ1n) is 9.12. The lowest BCUT2D eigenvalue weighted by Crippen LogP contribution is -2.32. The molecule has 0 saturated heterocycles. The molecule has 3 nitrogen and oxygen atoms in total. The highest BCUT2D eigenvalue weighted by Crippen LogP contribution is 2.49. The molecular weight excluding hydrogens is 341 g/mol. The van der Waals surface area contributed by atoms with Crippen LogP contribution in [0.25, 0.3) is 0 Å². The van der Waals surface area contributed by atoms with Gasteiger partial charge in [0.05, 0.1) is 6.04 Å². The molecule has 1 N–H and O–H groups in total. The van der Waals surface area contributed by atoms with Crippen molar-refractivity contribution in [2.24, 2.45) is 5.92 Å². The maximum atomic E-state index is 13.1. The number of para-hydroxylation sites is 2. The predicted octanol–water partition coefficient (Wildman–Crippen LogP) is 4.94. The van der Waals surface area contributed by atoms with Crippen molar-refractivity contribution < 1.29 is 13.9 Å². The predicted molar refractivity (Wildman–Crippen MR) is 100 cm³/mol. The second-order valence-corrected chi connectivity index (χ2v) is 7.12. The van der Waals surface area contributed by atoms with Crippen molar-refractivity contribution in [3.8, 4) is 11.5 Å². The quantitative estimate of drug-likeness (QED) is 0.719. The van der Waals surface area contributed by atoms with E-state index < -0.39 is 0 Å². The molecule has 2 aliphatic rings. The second-order valence-electron chi connectivity index (χ2n) is 7.12. The molecule has 1 aliphatic heterocycles. The van der Waals surface area contributed by atoms with E-state index in [1.807, 2.05) is 48.5 Å². The SMILES string of the molecule is O=C(NC1c2ccccc2Oc2ccccc21)C1CC1c1ccc(F)cc1. The summed E-state index contributed by atoms with van der Waals surface area (Å²) in [7, 11) is 0. The van der Waals surface area contributed by atoms with Crippen molar-refractivity contribution in [1.29, 1.82) is 0 Å². The first-order valence-corrected chi connectivity index (χ1v) is 9.12. The Labute approximate surface area is 156 Å². The summed E-state index contributed by atoms with van der Waals surface area (Å²) in [5.41, 5.74) is 2.94. The fraction of sp³-hybridized carbons (Fsp3) is 0.174. The van der Waals surface area contributed by atoms with Gasteiger partial charge in [-0.3, -0.25) is 4.79 Å². The molecule has 3 aromatic rings. The fourth-order valence-electron chi connectivity index (χ4n) is 3.88. The van der Waals surface area contributed by atoms with Gasteiger partial charge in [-0.2, -0.15) is 0 Å². The van der Waals surface area contributed by atoms with E-state index >= 15 is 0 Å². The summed E-state index contributed by atoms with van der Waals surface area (Å²) in [4.78, 5) is 12.9. The number of carbonyl (C=O) groups is 1. The molecular formula is C23H18FNO2. The summed E-state index contributed by atoms with van der Waals surface area (Å²) in [5, 5.41) is 3.21. The smallest absolute Gasteiger partial charge is 0.224 e. The zero-order valence-electron chi connectivity index (χ0n) is 14.6. The summed E-state index contributed by atoms with van der Waals surface area (Å²) in [6.07, 6.45) is 0.796. The summed E-state index contributed by atoms with van der Waals surface area (Å²) in [6.45, 7) is 0. The molecule has 0 radical (unpaired) electrons. The first kappa shape index (κ1) is 16.1. The molecule has 1 fully saturated rings. The molecule has 1 aliphatic carbocycles. The highest BCUT2D eigenvalue weighted by Gasteiger charge is 2.45. The molecule has 5 rings (SSSR count). The number of fused-ring (bicyclic) bond motifs is 2. The number of nitrogens with one attached hydrogen (secondary N) is 1. The Morgan fingerprint density at radius 2 is 1.48 bits per heavy atom. The lowest BCUT2D eigenvalue weighted by Gasteiger charge is -2.28. The molecule has 1 amide bonds. The van der Waals surface area contributed by atoms with Crippen LogP contribution >= 0.6 is 0 Å². The summed E-state index contributed by atoms with van der Waals surface area (Å²) in [5.74, 6) is 1.41. The molecule has 2 unspecified atom stereocenters. The Bertz CT molecular complexity index is 969. The standard InChI is InChI=1S/C23H18FNO2/c24-15-11-9-14(10-12-15)18-13-19(18)23(26)25-22-16-5-1-3-7-20(16)27-21-8-4-2-6-17(21)22/h1-12,18-19,22H,13H2,(H,25,26). The van der Waals surface area contributed by atoms with Crippen LogP contribution in [0, 0.1) is 11.7 Å². The zero-order valence-corrected chi connectivity index (χ0v) is 14.6. The van der Waals surface area contributed by atoms with Crippen molar-refractivity contribution in [1.82, 2.24) is 5.32 Å². The maximum absolute atomic E-state index is 13.1. The van der Waals surface area contributed by atoms with Gasteiger partial charge < -0.3 is 10.1 Å². The van der Waals surface area contributed by atoms with Gasteiger partial charge in [-0.25, -0.2) is 4.39 Å². The average Bonchev–Trinajstić information content (AvgIpc) is 3.49. The lowest BCUT2D eigenvalue weighted by molar-refractivity contribution is -0.122. The second kappa shape index (κ2) is 6.23. The van der Waals surface area contributed by atoms with Gasteiger partial charge in [0.2, 0.25) is 5.91 Å². The third kappa shape index (κ3) is 2.87. The third-order valence-electron chi connectivity index (χ3n) is 5.39. The van der Waals surface area contributed by atoms with Crippen molar-refractivity contribution in [3.63, 3.8) is 0 Å². The van der Waals surface area contributed by atoms with Gasteiger partial charge in [-0.05, 0) is 42.2 Å². The molecule has 0 bridgehead atoms. The van der Waals surface area contributed by atoms with E-state index in [1.165, 1.54) is 12.1 Å². The van der Waals surface area contributed by atoms with Crippen molar-refractivity contribution in [2.75, 3.05) is 0 Å². The van der Waals surface area contributed by atoms with Crippen LogP contribution in [0.15, 0.2) is 72.8 Å². The number of hydrogen-bond acceptors (Lipinski definition) is 2. The number of amides is 1. The maximum Gasteiger partial charge on any atom is 0.224 e. The molecule has 3 aromatic carbocycles. The molecule has 1 heterocycles. The van der Waals surface area contributed by atoms with Crippen LogP contribution in [-0.2, 0) is 4.79 Å². The average molecular weight is 359 g/mol. The third-order valence-corrected chi connectivity index (χ3v) is 5.39. The van der Waals surface area contributed by atoms with E-state index in [9.17, 15) is 9.18 Å². The van der Waals surface area contributed by atoms with Crippen molar-refractivity contribution >= 4 is 5.91 Å². The Hall–Kier alpha value is -3.14. The van der Waals surface area contributed by atoms with Gasteiger partial charge in [0.15, 0.2) is 0 Å². The van der Waals surface area contributed by atoms with E-state index in [0.29, 0.717) is 0 Å². The van der Waals surface area contributed by atoms with E-state index in [2.05, 4.69) is 5.32 Å². The normalized spacial score (nSPS) is 20.2. The molecule has 27 heavy (non-hydrogen) atoms. The highest BCUT2D eigenvalue weighted by atomic mass is 19.1. The van der Waals surface area contributed by atoms with Gasteiger partial charge >= 0.3 is 0 Å². The Balaban J connectivity index is 1.40. The minimum Gasteiger partial charge on any atom is -0.457 e. The van der Waals surface area contributed by atoms with E-state index in [1.54, 1.807) is 12.1 Å². The van der Waals surface area contributed by atoms with E-state index in [4.69, 9.17) is 4.74 Å². The molecule has 0 spiro atoms. The van der Waals surface area contributed by atoms with Crippen molar-refractivity contribution in [2.45, 2.75) is 18.4 Å². The topological polar surface area (TPSA) is 38.3 Å². The summed E-state index contributed by atoms with van der Waals surface area (Å²) >= 11 is 0. The summed E-state index contributed by atoms with van der Waals surface area (Å²) < 4.78 is 19.1. The van der Waals surface area contributed by atoms with E-state index in [-0.39, 0.29) is 29.6 Å². The molecule has 0 aromatic heterocycles. The first-order chi connectivity index (χ1) is 13.2. The van der Waals surface area contributed by atoms with Crippen LogP contribution in [0.1, 0.15) is 35.1 Å². The van der Waals surface area contributed by atoms with Crippen molar-refractivity contribution in [3.05, 3.63) is 95.3 Å². The van der Waals surface area contributed by atoms with Crippen LogP contribution < -0.4 is 10.1 Å². The number of ether oxygens (including phenoxy) is 1. The number of carbonyl (C=O) groups excluding carboxylic acids is 1. The number of rotatable bonds is 3. The monoisotopic (exact) mass is 359 g/mol. The fourth-order valence-corrected chi connectivity index (χ4v) is 3.88. The van der Waals surface area contributed by atoms with Crippen LogP contribution in [0.2, 0.25) is 0 Å². The van der Waals surface area contributed by atoms with E-state index in [0.717, 1.165) is 34.6 Å². The molecule has 134 valence electrons. The molecule has 4 heteroatoms. The minimum atomic E-state index is -0.254.